The number of benzene rings is 2. The highest BCUT2D eigenvalue weighted by atomic mass is 35.5. The van der Waals surface area contributed by atoms with Crippen LogP contribution >= 0.6 is 34.8 Å². The van der Waals surface area contributed by atoms with Crippen LogP contribution in [0.3, 0.4) is 0 Å². The number of halogens is 3. The molecule has 0 bridgehead atoms. The molecule has 0 aromatic heterocycles. The molecule has 1 aliphatic heterocycles. The predicted octanol–water partition coefficient (Wildman–Crippen LogP) is 5.48. The number of likely N-dealkylation sites (tertiary alicyclic amines) is 1. The molecule has 1 heterocycles. The number of carbonyl (C=O) groups excluding carboxylic acids is 2. The number of carboxylic acid groups (broad SMARTS) is 1. The number of carbonyl (C=O) groups is 3. The lowest BCUT2D eigenvalue weighted by Gasteiger charge is -2.32. The fourth-order valence-corrected chi connectivity index (χ4v) is 4.50. The minimum atomic E-state index is -1.01. The number of rotatable bonds is 9. The Balaban J connectivity index is 1.73. The second-order valence-corrected chi connectivity index (χ2v) is 9.93. The summed E-state index contributed by atoms with van der Waals surface area (Å²) < 4.78 is 0. The van der Waals surface area contributed by atoms with E-state index in [2.05, 4.69) is 10.6 Å². The van der Waals surface area contributed by atoms with Gasteiger partial charge in [0.25, 0.3) is 5.91 Å². The van der Waals surface area contributed by atoms with Gasteiger partial charge in [-0.2, -0.15) is 0 Å². The Morgan fingerprint density at radius 3 is 2.22 bits per heavy atom. The molecule has 1 fully saturated rings. The van der Waals surface area contributed by atoms with Crippen molar-refractivity contribution in [3.63, 3.8) is 0 Å². The number of carboxylic acids is 1. The fraction of sp³-hybridized carbons (Fsp3) is 0.308. The summed E-state index contributed by atoms with van der Waals surface area (Å²) >= 11 is 18.4. The lowest BCUT2D eigenvalue weighted by Crippen LogP contribution is -2.48. The van der Waals surface area contributed by atoms with Gasteiger partial charge in [0.05, 0.1) is 22.8 Å². The van der Waals surface area contributed by atoms with Gasteiger partial charge in [0.15, 0.2) is 0 Å². The van der Waals surface area contributed by atoms with Gasteiger partial charge in [-0.3, -0.25) is 19.8 Å². The van der Waals surface area contributed by atoms with Crippen LogP contribution in [0.2, 0.25) is 15.1 Å². The molecule has 4 N–H and O–H groups in total. The highest BCUT2D eigenvalue weighted by Crippen LogP contribution is 2.30. The normalized spacial score (nSPS) is 14.5. The SMILES string of the molecule is C/C(C(=N)C(=O)NC1CCN(C(=O)CCC(=O)O)CC1)=C(/Nc1ccc(Cl)cc1Cl)c1ccc(Cl)cc1. The first kappa shape index (κ1) is 28.5. The zero-order chi connectivity index (χ0) is 27.1. The third-order valence-corrected chi connectivity index (χ3v) is 6.84. The zero-order valence-electron chi connectivity index (χ0n) is 20.1. The maximum Gasteiger partial charge on any atom is 0.303 e. The molecule has 3 rings (SSSR count). The summed E-state index contributed by atoms with van der Waals surface area (Å²) in [6.07, 6.45) is 0.787. The molecule has 8 nitrogen and oxygen atoms in total. The van der Waals surface area contributed by atoms with Crippen molar-refractivity contribution in [2.75, 3.05) is 18.4 Å². The van der Waals surface area contributed by atoms with Crippen LogP contribution < -0.4 is 10.6 Å². The number of anilines is 1. The molecule has 2 aromatic rings. The Morgan fingerprint density at radius 1 is 1.00 bits per heavy atom. The van der Waals surface area contributed by atoms with Gasteiger partial charge in [-0.25, -0.2) is 0 Å². The molecule has 0 spiro atoms. The van der Waals surface area contributed by atoms with Crippen molar-refractivity contribution in [1.29, 1.82) is 5.41 Å². The molecule has 2 amide bonds. The second-order valence-electron chi connectivity index (χ2n) is 8.65. The van der Waals surface area contributed by atoms with E-state index < -0.39 is 11.9 Å². The third-order valence-electron chi connectivity index (χ3n) is 6.04. The van der Waals surface area contributed by atoms with E-state index in [0.717, 1.165) is 0 Å². The summed E-state index contributed by atoms with van der Waals surface area (Å²) in [4.78, 5) is 37.5. The van der Waals surface area contributed by atoms with Crippen LogP contribution in [0.25, 0.3) is 5.70 Å². The average molecular weight is 566 g/mol. The zero-order valence-corrected chi connectivity index (χ0v) is 22.4. The summed E-state index contributed by atoms with van der Waals surface area (Å²) in [5, 5.41) is 24.9. The van der Waals surface area contributed by atoms with Gasteiger partial charge in [0, 0.05) is 41.2 Å². The van der Waals surface area contributed by atoms with Gasteiger partial charge in [-0.05, 0) is 55.7 Å². The lowest BCUT2D eigenvalue weighted by atomic mass is 10.0. The molecule has 1 aliphatic rings. The number of hydrogen-bond acceptors (Lipinski definition) is 5. The Kier molecular flexibility index (Phi) is 9.97. The van der Waals surface area contributed by atoms with Gasteiger partial charge >= 0.3 is 5.97 Å². The molecule has 196 valence electrons. The molecule has 11 heteroatoms. The third kappa shape index (κ3) is 7.95. The van der Waals surface area contributed by atoms with Crippen LogP contribution in [0.1, 0.15) is 38.2 Å². The van der Waals surface area contributed by atoms with E-state index in [1.807, 2.05) is 0 Å². The molecule has 0 unspecified atom stereocenters. The molecule has 0 aliphatic carbocycles. The molecule has 0 atom stereocenters. The predicted molar refractivity (Wildman–Crippen MR) is 146 cm³/mol. The summed E-state index contributed by atoms with van der Waals surface area (Å²) in [6.45, 7) is 2.50. The quantitative estimate of drug-likeness (QED) is 0.300. The molecule has 0 radical (unpaired) electrons. The number of nitrogens with zero attached hydrogens (tertiary/aromatic N) is 1. The Morgan fingerprint density at radius 2 is 1.62 bits per heavy atom. The van der Waals surface area contributed by atoms with Crippen molar-refractivity contribution < 1.29 is 19.5 Å². The van der Waals surface area contributed by atoms with Crippen LogP contribution in [-0.2, 0) is 14.4 Å². The second kappa shape index (κ2) is 12.9. The van der Waals surface area contributed by atoms with Crippen molar-refractivity contribution in [3.8, 4) is 0 Å². The largest absolute Gasteiger partial charge is 0.481 e. The number of nitrogens with one attached hydrogen (secondary N) is 3. The van der Waals surface area contributed by atoms with Crippen LogP contribution in [0.4, 0.5) is 5.69 Å². The van der Waals surface area contributed by atoms with E-state index in [-0.39, 0.29) is 30.5 Å². The van der Waals surface area contributed by atoms with Gasteiger partial charge < -0.3 is 20.6 Å². The Labute approximate surface area is 230 Å². The van der Waals surface area contributed by atoms with Crippen molar-refractivity contribution in [3.05, 3.63) is 68.7 Å². The number of piperidine rings is 1. The molecule has 2 aromatic carbocycles. The number of aliphatic carboxylic acids is 1. The first-order valence-electron chi connectivity index (χ1n) is 11.6. The van der Waals surface area contributed by atoms with Gasteiger partial charge in [-0.1, -0.05) is 46.9 Å². The van der Waals surface area contributed by atoms with Crippen molar-refractivity contribution in [2.45, 2.75) is 38.6 Å². The van der Waals surface area contributed by atoms with E-state index in [1.165, 1.54) is 0 Å². The van der Waals surface area contributed by atoms with E-state index in [0.29, 0.717) is 63.5 Å². The van der Waals surface area contributed by atoms with Gasteiger partial charge in [0.2, 0.25) is 5.91 Å². The Hall–Kier alpha value is -3.07. The van der Waals surface area contributed by atoms with Gasteiger partial charge in [-0.15, -0.1) is 0 Å². The summed E-state index contributed by atoms with van der Waals surface area (Å²) in [5.41, 5.74) is 1.96. The minimum Gasteiger partial charge on any atom is -0.481 e. The van der Waals surface area contributed by atoms with E-state index in [1.54, 1.807) is 54.3 Å². The monoisotopic (exact) mass is 564 g/mol. The minimum absolute atomic E-state index is 0.0426. The molecule has 1 saturated heterocycles. The van der Waals surface area contributed by atoms with E-state index in [4.69, 9.17) is 45.3 Å². The topological polar surface area (TPSA) is 123 Å². The summed E-state index contributed by atoms with van der Waals surface area (Å²) in [5.74, 6) is -1.76. The average Bonchev–Trinajstić information content (AvgIpc) is 2.87. The maximum absolute atomic E-state index is 13.0. The molecule has 0 saturated carbocycles. The van der Waals surface area contributed by atoms with Crippen LogP contribution in [-0.4, -0.2) is 52.6 Å². The van der Waals surface area contributed by atoms with Crippen molar-refractivity contribution in [2.24, 2.45) is 0 Å². The lowest BCUT2D eigenvalue weighted by molar-refractivity contribution is -0.141. The summed E-state index contributed by atoms with van der Waals surface area (Å²) in [7, 11) is 0. The molecule has 37 heavy (non-hydrogen) atoms. The van der Waals surface area contributed by atoms with Crippen molar-refractivity contribution >= 4 is 69.7 Å². The van der Waals surface area contributed by atoms with E-state index in [9.17, 15) is 14.4 Å². The first-order chi connectivity index (χ1) is 17.5. The van der Waals surface area contributed by atoms with Crippen molar-refractivity contribution in [1.82, 2.24) is 10.2 Å². The highest BCUT2D eigenvalue weighted by molar-refractivity contribution is 6.45. The standard InChI is InChI=1S/C26H27Cl3N4O4/c1-15(24(30)26(37)31-19-10-12-33(13-11-19)22(34)8-9-23(35)36)25(16-2-4-17(27)5-3-16)32-21-7-6-18(28)14-20(21)29/h2-7,14,19,30,32H,8-13H2,1H3,(H,31,37)(H,35,36)/b25-15-,30-24?. The smallest absolute Gasteiger partial charge is 0.303 e. The summed E-state index contributed by atoms with van der Waals surface area (Å²) in [6, 6.07) is 11.8. The molecular formula is C26H27Cl3N4O4. The van der Waals surface area contributed by atoms with Crippen LogP contribution in [0.5, 0.6) is 0 Å². The maximum atomic E-state index is 13.0. The van der Waals surface area contributed by atoms with E-state index >= 15 is 0 Å². The van der Waals surface area contributed by atoms with Crippen LogP contribution in [0.15, 0.2) is 48.0 Å². The Bertz CT molecular complexity index is 1220. The first-order valence-corrected chi connectivity index (χ1v) is 12.8. The highest BCUT2D eigenvalue weighted by Gasteiger charge is 2.26. The van der Waals surface area contributed by atoms with Gasteiger partial charge in [0.1, 0.15) is 5.71 Å². The van der Waals surface area contributed by atoms with Crippen LogP contribution in [0, 0.1) is 5.41 Å². The number of hydrogen-bond donors (Lipinski definition) is 4. The fourth-order valence-electron chi connectivity index (χ4n) is 3.92. The molecular weight excluding hydrogens is 539 g/mol. The number of amides is 2.